The number of aromatic nitrogens is 2. The molecule has 1 aliphatic heterocycles. The molecule has 1 aliphatic rings. The Bertz CT molecular complexity index is 396. The largest absolute Gasteiger partial charge is 0.396 e. The van der Waals surface area contributed by atoms with Crippen molar-refractivity contribution < 1.29 is 10.2 Å². The van der Waals surface area contributed by atoms with Crippen molar-refractivity contribution in [1.82, 2.24) is 9.97 Å². The average molecular weight is 251 g/mol. The highest BCUT2D eigenvalue weighted by molar-refractivity contribution is 5.33. The van der Waals surface area contributed by atoms with Gasteiger partial charge in [-0.3, -0.25) is 0 Å². The van der Waals surface area contributed by atoms with Crippen LogP contribution in [0.4, 0.5) is 5.95 Å². The smallest absolute Gasteiger partial charge is 0.225 e. The van der Waals surface area contributed by atoms with Crippen LogP contribution < -0.4 is 4.90 Å². The van der Waals surface area contributed by atoms with E-state index < -0.39 is 0 Å². The molecule has 0 bridgehead atoms. The highest BCUT2D eigenvalue weighted by Crippen LogP contribution is 2.22. The van der Waals surface area contributed by atoms with Crippen LogP contribution in [0.5, 0.6) is 0 Å². The first-order chi connectivity index (χ1) is 8.72. The highest BCUT2D eigenvalue weighted by atomic mass is 16.3. The lowest BCUT2D eigenvalue weighted by atomic mass is 9.95. The van der Waals surface area contributed by atoms with Gasteiger partial charge in [-0.2, -0.15) is 0 Å². The molecule has 1 aromatic rings. The Labute approximate surface area is 107 Å². The summed E-state index contributed by atoms with van der Waals surface area (Å²) in [5.41, 5.74) is 1.55. The average Bonchev–Trinajstić information content (AvgIpc) is 2.39. The van der Waals surface area contributed by atoms with Gasteiger partial charge in [-0.05, 0) is 38.2 Å². The first kappa shape index (κ1) is 13.2. The molecule has 5 heteroatoms. The molecule has 1 aromatic heterocycles. The molecule has 0 radical (unpaired) electrons. The molecule has 2 N–H and O–H groups in total. The quantitative estimate of drug-likeness (QED) is 0.831. The zero-order valence-electron chi connectivity index (χ0n) is 10.8. The molecule has 0 amide bonds. The summed E-state index contributed by atoms with van der Waals surface area (Å²) in [6.07, 6.45) is 3.11. The number of piperidine rings is 1. The molecule has 1 fully saturated rings. The van der Waals surface area contributed by atoms with Gasteiger partial charge in [-0.25, -0.2) is 9.97 Å². The van der Waals surface area contributed by atoms with Crippen molar-refractivity contribution in [2.24, 2.45) is 5.92 Å². The molecule has 5 nitrogen and oxygen atoms in total. The van der Waals surface area contributed by atoms with Crippen LogP contribution in [0.25, 0.3) is 0 Å². The van der Waals surface area contributed by atoms with E-state index in [0.29, 0.717) is 17.6 Å². The Morgan fingerprint density at radius 1 is 1.39 bits per heavy atom. The Morgan fingerprint density at radius 3 is 2.94 bits per heavy atom. The predicted molar refractivity (Wildman–Crippen MR) is 69.3 cm³/mol. The minimum Gasteiger partial charge on any atom is -0.396 e. The summed E-state index contributed by atoms with van der Waals surface area (Å²) in [5, 5.41) is 18.2. The van der Waals surface area contributed by atoms with Crippen molar-refractivity contribution in [3.05, 3.63) is 17.5 Å². The molecule has 100 valence electrons. The second kappa shape index (κ2) is 6.11. The van der Waals surface area contributed by atoms with E-state index in [1.54, 1.807) is 6.07 Å². The van der Waals surface area contributed by atoms with Gasteiger partial charge in [0.25, 0.3) is 0 Å². The van der Waals surface area contributed by atoms with Crippen LogP contribution >= 0.6 is 0 Å². The van der Waals surface area contributed by atoms with Crippen molar-refractivity contribution in [2.75, 3.05) is 24.6 Å². The standard InChI is InChI=1S/C13H21N3O2/c1-10-7-12(9-18)15-13(14-10)16-5-2-3-11(8-16)4-6-17/h7,11,17-18H,2-6,8-9H2,1H3. The van der Waals surface area contributed by atoms with Crippen LogP contribution in [0.3, 0.4) is 0 Å². The molecule has 0 aliphatic carbocycles. The van der Waals surface area contributed by atoms with Gasteiger partial charge in [0.05, 0.1) is 12.3 Å². The Balaban J connectivity index is 2.12. The molecule has 1 saturated heterocycles. The molecule has 1 unspecified atom stereocenters. The Morgan fingerprint density at radius 2 is 2.22 bits per heavy atom. The summed E-state index contributed by atoms with van der Waals surface area (Å²) < 4.78 is 0. The van der Waals surface area contributed by atoms with E-state index in [-0.39, 0.29) is 13.2 Å². The first-order valence-corrected chi connectivity index (χ1v) is 6.54. The third-order valence-electron chi connectivity index (χ3n) is 3.40. The van der Waals surface area contributed by atoms with Crippen molar-refractivity contribution in [3.8, 4) is 0 Å². The molecular formula is C13H21N3O2. The van der Waals surface area contributed by atoms with Gasteiger partial charge < -0.3 is 15.1 Å². The van der Waals surface area contributed by atoms with Gasteiger partial charge in [0.2, 0.25) is 5.95 Å². The van der Waals surface area contributed by atoms with Crippen LogP contribution in [-0.2, 0) is 6.61 Å². The summed E-state index contributed by atoms with van der Waals surface area (Å²) in [5.74, 6) is 1.23. The number of nitrogens with zero attached hydrogens (tertiary/aromatic N) is 3. The summed E-state index contributed by atoms with van der Waals surface area (Å²) in [6.45, 7) is 3.96. The maximum absolute atomic E-state index is 9.18. The lowest BCUT2D eigenvalue weighted by Crippen LogP contribution is -2.37. The van der Waals surface area contributed by atoms with Gasteiger partial charge in [0, 0.05) is 25.4 Å². The minimum absolute atomic E-state index is 0.0513. The topological polar surface area (TPSA) is 69.5 Å². The molecule has 0 aromatic carbocycles. The summed E-state index contributed by atoms with van der Waals surface area (Å²) in [4.78, 5) is 11.0. The number of aryl methyl sites for hydroxylation is 1. The fourth-order valence-corrected chi connectivity index (χ4v) is 2.50. The maximum atomic E-state index is 9.18. The lowest BCUT2D eigenvalue weighted by molar-refractivity contribution is 0.243. The predicted octanol–water partition coefficient (Wildman–Crippen LogP) is 0.876. The number of rotatable bonds is 4. The van der Waals surface area contributed by atoms with Crippen molar-refractivity contribution in [3.63, 3.8) is 0 Å². The van der Waals surface area contributed by atoms with Gasteiger partial charge in [-0.15, -0.1) is 0 Å². The van der Waals surface area contributed by atoms with Crippen molar-refractivity contribution >= 4 is 5.95 Å². The minimum atomic E-state index is -0.0513. The summed E-state index contributed by atoms with van der Waals surface area (Å²) in [7, 11) is 0. The van der Waals surface area contributed by atoms with Crippen molar-refractivity contribution in [2.45, 2.75) is 32.8 Å². The van der Waals surface area contributed by atoms with E-state index in [9.17, 15) is 5.11 Å². The molecule has 0 saturated carbocycles. The SMILES string of the molecule is Cc1cc(CO)nc(N2CCCC(CCO)C2)n1. The molecule has 2 rings (SSSR count). The normalized spacial score (nSPS) is 20.2. The molecule has 0 spiro atoms. The van der Waals surface area contributed by atoms with Gasteiger partial charge in [0.15, 0.2) is 0 Å². The van der Waals surface area contributed by atoms with Crippen LogP contribution in [0.15, 0.2) is 6.07 Å². The van der Waals surface area contributed by atoms with Gasteiger partial charge >= 0.3 is 0 Å². The zero-order valence-corrected chi connectivity index (χ0v) is 10.8. The van der Waals surface area contributed by atoms with Gasteiger partial charge in [-0.1, -0.05) is 0 Å². The molecular weight excluding hydrogens is 230 g/mol. The lowest BCUT2D eigenvalue weighted by Gasteiger charge is -2.32. The van der Waals surface area contributed by atoms with E-state index in [1.165, 1.54) is 0 Å². The van der Waals surface area contributed by atoms with Gasteiger partial charge in [0.1, 0.15) is 0 Å². The third kappa shape index (κ3) is 3.17. The highest BCUT2D eigenvalue weighted by Gasteiger charge is 2.21. The van der Waals surface area contributed by atoms with E-state index in [1.807, 2.05) is 6.92 Å². The van der Waals surface area contributed by atoms with E-state index >= 15 is 0 Å². The van der Waals surface area contributed by atoms with E-state index in [0.717, 1.165) is 38.0 Å². The number of aliphatic hydroxyl groups excluding tert-OH is 2. The summed E-state index contributed by atoms with van der Waals surface area (Å²) in [6, 6.07) is 1.80. The Kier molecular flexibility index (Phi) is 4.49. The fraction of sp³-hybridized carbons (Fsp3) is 0.692. The monoisotopic (exact) mass is 251 g/mol. The maximum Gasteiger partial charge on any atom is 0.225 e. The van der Waals surface area contributed by atoms with Crippen LogP contribution in [0, 0.1) is 12.8 Å². The molecule has 18 heavy (non-hydrogen) atoms. The zero-order chi connectivity index (χ0) is 13.0. The molecule has 2 heterocycles. The first-order valence-electron chi connectivity index (χ1n) is 6.54. The number of aliphatic hydroxyl groups is 2. The van der Waals surface area contributed by atoms with E-state index in [2.05, 4.69) is 14.9 Å². The third-order valence-corrected chi connectivity index (χ3v) is 3.40. The van der Waals surface area contributed by atoms with Crippen LogP contribution in [-0.4, -0.2) is 39.9 Å². The number of hydrogen-bond acceptors (Lipinski definition) is 5. The summed E-state index contributed by atoms with van der Waals surface area (Å²) >= 11 is 0. The van der Waals surface area contributed by atoms with Crippen molar-refractivity contribution in [1.29, 1.82) is 0 Å². The number of hydrogen-bond donors (Lipinski definition) is 2. The van der Waals surface area contributed by atoms with E-state index in [4.69, 9.17) is 5.11 Å². The number of anilines is 1. The molecule has 1 atom stereocenters. The van der Waals surface area contributed by atoms with Crippen LogP contribution in [0.2, 0.25) is 0 Å². The second-order valence-corrected chi connectivity index (χ2v) is 4.93. The Hall–Kier alpha value is -1.20. The van der Waals surface area contributed by atoms with Crippen LogP contribution in [0.1, 0.15) is 30.7 Å². The fourth-order valence-electron chi connectivity index (χ4n) is 2.50. The second-order valence-electron chi connectivity index (χ2n) is 4.93.